The van der Waals surface area contributed by atoms with Gasteiger partial charge in [-0.1, -0.05) is 0 Å². The third-order valence-corrected chi connectivity index (χ3v) is 5.54. The van der Waals surface area contributed by atoms with Crippen LogP contribution in [0.1, 0.15) is 18.4 Å². The van der Waals surface area contributed by atoms with Gasteiger partial charge in [0.15, 0.2) is 0 Å². The van der Waals surface area contributed by atoms with Crippen LogP contribution in [0, 0.1) is 5.92 Å². The molecule has 2 fully saturated rings. The molecule has 4 nitrogen and oxygen atoms in total. The molecule has 0 amide bonds. The number of aromatic nitrogens is 2. The molecular formula is C16H21N3OS. The van der Waals surface area contributed by atoms with Gasteiger partial charge in [-0.2, -0.15) is 11.3 Å². The van der Waals surface area contributed by atoms with E-state index in [1.807, 2.05) is 12.5 Å². The normalized spacial score (nSPS) is 29.6. The summed E-state index contributed by atoms with van der Waals surface area (Å²) >= 11 is 1.79. The zero-order valence-corrected chi connectivity index (χ0v) is 12.9. The maximum absolute atomic E-state index is 6.14. The van der Waals surface area contributed by atoms with Crippen molar-refractivity contribution < 1.29 is 4.74 Å². The largest absolute Gasteiger partial charge is 0.375 e. The van der Waals surface area contributed by atoms with Gasteiger partial charge in [-0.3, -0.25) is 4.90 Å². The van der Waals surface area contributed by atoms with Gasteiger partial charge in [0.05, 0.1) is 19.0 Å². The first-order valence-corrected chi connectivity index (χ1v) is 8.67. The summed E-state index contributed by atoms with van der Waals surface area (Å²) in [6.45, 7) is 4.04. The highest BCUT2D eigenvalue weighted by atomic mass is 32.1. The summed E-state index contributed by atoms with van der Waals surface area (Å²) in [6, 6.07) is 2.83. The van der Waals surface area contributed by atoms with E-state index in [-0.39, 0.29) is 0 Å². The molecule has 3 heterocycles. The van der Waals surface area contributed by atoms with Crippen LogP contribution >= 0.6 is 11.3 Å². The van der Waals surface area contributed by atoms with Gasteiger partial charge in [-0.15, -0.1) is 0 Å². The van der Waals surface area contributed by atoms with E-state index in [2.05, 4.69) is 37.5 Å². The molecule has 2 aromatic heterocycles. The molecule has 0 bridgehead atoms. The molecule has 5 heteroatoms. The highest BCUT2D eigenvalue weighted by Crippen LogP contribution is 2.36. The smallest absolute Gasteiger partial charge is 0.0946 e. The van der Waals surface area contributed by atoms with Gasteiger partial charge in [0, 0.05) is 44.0 Å². The van der Waals surface area contributed by atoms with Crippen LogP contribution in [0.2, 0.25) is 0 Å². The molecule has 0 radical (unpaired) electrons. The Kier molecular flexibility index (Phi) is 3.80. The highest BCUT2D eigenvalue weighted by Gasteiger charge is 2.42. The second kappa shape index (κ2) is 5.91. The molecule has 112 valence electrons. The molecular weight excluding hydrogens is 282 g/mol. The van der Waals surface area contributed by atoms with E-state index in [1.54, 1.807) is 11.3 Å². The summed E-state index contributed by atoms with van der Waals surface area (Å²) in [5.41, 5.74) is 1.44. The van der Waals surface area contributed by atoms with Crippen LogP contribution in [0.15, 0.2) is 35.5 Å². The SMILES string of the molecule is c1cn(C[C@@H]2CC[C@H]3[C@H]2OCCN3Cc2ccsc2)cn1. The zero-order chi connectivity index (χ0) is 14.1. The molecule has 0 unspecified atom stereocenters. The van der Waals surface area contributed by atoms with Gasteiger partial charge in [-0.25, -0.2) is 4.98 Å². The first-order chi connectivity index (χ1) is 10.4. The lowest BCUT2D eigenvalue weighted by molar-refractivity contribution is -0.0785. The Balaban J connectivity index is 1.44. The number of imidazole rings is 1. The van der Waals surface area contributed by atoms with Crippen molar-refractivity contribution >= 4 is 11.3 Å². The van der Waals surface area contributed by atoms with Gasteiger partial charge in [0.1, 0.15) is 0 Å². The van der Waals surface area contributed by atoms with Crippen LogP contribution in [0.3, 0.4) is 0 Å². The molecule has 0 aromatic carbocycles. The van der Waals surface area contributed by atoms with Crippen molar-refractivity contribution in [2.75, 3.05) is 13.2 Å². The summed E-state index contributed by atoms with van der Waals surface area (Å²) in [5, 5.41) is 4.44. The Morgan fingerprint density at radius 3 is 3.19 bits per heavy atom. The molecule has 0 N–H and O–H groups in total. The van der Waals surface area contributed by atoms with E-state index in [9.17, 15) is 0 Å². The van der Waals surface area contributed by atoms with Gasteiger partial charge >= 0.3 is 0 Å². The summed E-state index contributed by atoms with van der Waals surface area (Å²) in [6.07, 6.45) is 8.73. The van der Waals surface area contributed by atoms with Crippen LogP contribution in [0.4, 0.5) is 0 Å². The Labute approximate surface area is 129 Å². The average molecular weight is 303 g/mol. The first kappa shape index (κ1) is 13.5. The van der Waals surface area contributed by atoms with E-state index in [0.717, 1.165) is 26.2 Å². The fraction of sp³-hybridized carbons (Fsp3) is 0.562. The summed E-state index contributed by atoms with van der Waals surface area (Å²) < 4.78 is 8.33. The maximum atomic E-state index is 6.14. The van der Waals surface area contributed by atoms with Crippen molar-refractivity contribution in [1.82, 2.24) is 14.5 Å². The number of rotatable bonds is 4. The number of thiophene rings is 1. The van der Waals surface area contributed by atoms with E-state index >= 15 is 0 Å². The topological polar surface area (TPSA) is 30.3 Å². The number of nitrogens with zero attached hydrogens (tertiary/aromatic N) is 3. The molecule has 2 aromatic rings. The molecule has 4 rings (SSSR count). The quantitative estimate of drug-likeness (QED) is 0.870. The highest BCUT2D eigenvalue weighted by molar-refractivity contribution is 7.07. The van der Waals surface area contributed by atoms with E-state index in [0.29, 0.717) is 18.1 Å². The minimum Gasteiger partial charge on any atom is -0.375 e. The standard InChI is InChI=1S/C16H21N3OS/c1-2-15-16(14(1)10-18-5-4-17-12-18)20-7-6-19(15)9-13-3-8-21-11-13/h3-5,8,11-12,14-16H,1-2,6-7,9-10H2/t14-,15-,16-/m0/s1. The second-order valence-electron chi connectivity index (χ2n) is 6.10. The minimum absolute atomic E-state index is 0.389. The predicted molar refractivity (Wildman–Crippen MR) is 83.2 cm³/mol. The maximum Gasteiger partial charge on any atom is 0.0946 e. The lowest BCUT2D eigenvalue weighted by atomic mass is 10.0. The van der Waals surface area contributed by atoms with Crippen molar-refractivity contribution in [1.29, 1.82) is 0 Å². The second-order valence-corrected chi connectivity index (χ2v) is 6.88. The number of fused-ring (bicyclic) bond motifs is 1. The first-order valence-electron chi connectivity index (χ1n) is 7.72. The fourth-order valence-corrected chi connectivity index (χ4v) is 4.47. The van der Waals surface area contributed by atoms with Crippen molar-refractivity contribution in [2.45, 2.75) is 38.1 Å². The van der Waals surface area contributed by atoms with E-state index in [4.69, 9.17) is 4.74 Å². The number of hydrogen-bond acceptors (Lipinski definition) is 4. The molecule has 21 heavy (non-hydrogen) atoms. The lowest BCUT2D eigenvalue weighted by Gasteiger charge is -2.39. The molecule has 1 saturated carbocycles. The number of morpholine rings is 1. The van der Waals surface area contributed by atoms with E-state index < -0.39 is 0 Å². The molecule has 3 atom stereocenters. The summed E-state index contributed by atoms with van der Waals surface area (Å²) in [4.78, 5) is 6.78. The Bertz CT molecular complexity index is 554. The Morgan fingerprint density at radius 2 is 2.38 bits per heavy atom. The Hall–Kier alpha value is -1.17. The van der Waals surface area contributed by atoms with Crippen molar-refractivity contribution in [3.63, 3.8) is 0 Å². The monoisotopic (exact) mass is 303 g/mol. The van der Waals surface area contributed by atoms with Crippen molar-refractivity contribution in [2.24, 2.45) is 5.92 Å². The molecule has 1 saturated heterocycles. The summed E-state index contributed by atoms with van der Waals surface area (Å²) in [7, 11) is 0. The molecule has 2 aliphatic rings. The zero-order valence-electron chi connectivity index (χ0n) is 12.1. The van der Waals surface area contributed by atoms with Crippen LogP contribution in [-0.4, -0.2) is 39.7 Å². The molecule has 1 aliphatic heterocycles. The van der Waals surface area contributed by atoms with Crippen LogP contribution < -0.4 is 0 Å². The van der Waals surface area contributed by atoms with Gasteiger partial charge in [0.25, 0.3) is 0 Å². The number of ether oxygens (including phenoxy) is 1. The average Bonchev–Trinajstić information content (AvgIpc) is 3.22. The van der Waals surface area contributed by atoms with E-state index in [1.165, 1.54) is 18.4 Å². The third-order valence-electron chi connectivity index (χ3n) is 4.81. The van der Waals surface area contributed by atoms with Crippen LogP contribution in [0.25, 0.3) is 0 Å². The third kappa shape index (κ3) is 2.78. The molecule has 1 aliphatic carbocycles. The molecule has 0 spiro atoms. The van der Waals surface area contributed by atoms with Gasteiger partial charge in [-0.05, 0) is 35.2 Å². The van der Waals surface area contributed by atoms with Crippen LogP contribution in [0.5, 0.6) is 0 Å². The Morgan fingerprint density at radius 1 is 1.38 bits per heavy atom. The summed E-state index contributed by atoms with van der Waals surface area (Å²) in [5.74, 6) is 0.620. The fourth-order valence-electron chi connectivity index (χ4n) is 3.81. The minimum atomic E-state index is 0.389. The van der Waals surface area contributed by atoms with Crippen molar-refractivity contribution in [3.8, 4) is 0 Å². The van der Waals surface area contributed by atoms with Gasteiger partial charge < -0.3 is 9.30 Å². The number of hydrogen-bond donors (Lipinski definition) is 0. The predicted octanol–water partition coefficient (Wildman–Crippen LogP) is 2.62. The van der Waals surface area contributed by atoms with Gasteiger partial charge in [0.2, 0.25) is 0 Å². The lowest BCUT2D eigenvalue weighted by Crippen LogP contribution is -2.50. The van der Waals surface area contributed by atoms with Crippen molar-refractivity contribution in [3.05, 3.63) is 41.1 Å². The van der Waals surface area contributed by atoms with Crippen LogP contribution in [-0.2, 0) is 17.8 Å².